The maximum atomic E-state index is 12.0. The lowest BCUT2D eigenvalue weighted by molar-refractivity contribution is -0.154. The van der Waals surface area contributed by atoms with Gasteiger partial charge in [-0.25, -0.2) is 4.79 Å². The summed E-state index contributed by atoms with van der Waals surface area (Å²) in [4.78, 5) is 23.8. The topological polar surface area (TPSA) is 88.4 Å². The summed E-state index contributed by atoms with van der Waals surface area (Å²) in [5, 5.41) is 12.7. The molecular weight excluding hydrogens is 392 g/mol. The van der Waals surface area contributed by atoms with Crippen LogP contribution in [-0.2, 0) is 20.8 Å². The Bertz CT molecular complexity index is 762. The zero-order valence-electron chi connectivity index (χ0n) is 18.3. The first-order valence-electron chi connectivity index (χ1n) is 9.59. The average molecular weight is 423 g/mol. The second-order valence-electron chi connectivity index (χ2n) is 8.97. The van der Waals surface area contributed by atoms with Crippen LogP contribution in [0.5, 0.6) is 0 Å². The molecule has 0 saturated carbocycles. The molecule has 1 atom stereocenters. The number of carbonyl (C=O) groups is 2. The van der Waals surface area contributed by atoms with Crippen LogP contribution in [0.1, 0.15) is 77.0 Å². The van der Waals surface area contributed by atoms with Crippen LogP contribution < -0.4 is 5.32 Å². The summed E-state index contributed by atoms with van der Waals surface area (Å²) in [7, 11) is 0. The summed E-state index contributed by atoms with van der Waals surface area (Å²) in [5.74, 6) is -0.868. The average Bonchev–Trinajstić information content (AvgIpc) is 2.52. The standard InChI is InChI=1S/C22H31ClN2O4/c1-14-10-15(13-25-20(27)29-22(5,6)7)11-17(23)19(14)16(12-24)8-9-18(26)28-21(2,3)4/h10-11,16H,8-9,13H2,1-7H3,(H,25,27). The maximum absolute atomic E-state index is 12.0. The van der Waals surface area contributed by atoms with Crippen molar-refractivity contribution in [2.75, 3.05) is 0 Å². The highest BCUT2D eigenvalue weighted by Gasteiger charge is 2.22. The quantitative estimate of drug-likeness (QED) is 0.619. The van der Waals surface area contributed by atoms with Crippen molar-refractivity contribution in [1.82, 2.24) is 5.32 Å². The first-order valence-corrected chi connectivity index (χ1v) is 9.97. The highest BCUT2D eigenvalue weighted by Crippen LogP contribution is 2.32. The van der Waals surface area contributed by atoms with Crippen LogP contribution in [0.15, 0.2) is 12.1 Å². The van der Waals surface area contributed by atoms with Crippen LogP contribution in [0.3, 0.4) is 0 Å². The zero-order chi connectivity index (χ0) is 22.4. The number of nitrogens with zero attached hydrogens (tertiary/aromatic N) is 1. The Labute approximate surface area is 178 Å². The van der Waals surface area contributed by atoms with Gasteiger partial charge in [-0.15, -0.1) is 0 Å². The first kappa shape index (κ1) is 24.8. The summed E-state index contributed by atoms with van der Waals surface area (Å²) in [6.07, 6.45) is -0.0584. The molecular formula is C22H31ClN2O4. The summed E-state index contributed by atoms with van der Waals surface area (Å²) in [6, 6.07) is 5.82. The zero-order valence-corrected chi connectivity index (χ0v) is 19.1. The van der Waals surface area contributed by atoms with Gasteiger partial charge in [-0.1, -0.05) is 17.7 Å². The Hall–Kier alpha value is -2.26. The van der Waals surface area contributed by atoms with E-state index >= 15 is 0 Å². The van der Waals surface area contributed by atoms with Gasteiger partial charge in [0.2, 0.25) is 0 Å². The van der Waals surface area contributed by atoms with Gasteiger partial charge in [0.15, 0.2) is 0 Å². The van der Waals surface area contributed by atoms with Crippen molar-refractivity contribution in [1.29, 1.82) is 5.26 Å². The molecule has 0 heterocycles. The Balaban J connectivity index is 2.83. The maximum Gasteiger partial charge on any atom is 0.407 e. The fraction of sp³-hybridized carbons (Fsp3) is 0.591. The molecule has 160 valence electrons. The van der Waals surface area contributed by atoms with Gasteiger partial charge >= 0.3 is 12.1 Å². The second kappa shape index (κ2) is 9.98. The largest absolute Gasteiger partial charge is 0.460 e. The molecule has 1 aromatic rings. The van der Waals surface area contributed by atoms with Gasteiger partial charge in [0, 0.05) is 18.0 Å². The van der Waals surface area contributed by atoms with Crippen molar-refractivity contribution < 1.29 is 19.1 Å². The number of ether oxygens (including phenoxy) is 2. The number of hydrogen-bond donors (Lipinski definition) is 1. The molecule has 0 aliphatic heterocycles. The van der Waals surface area contributed by atoms with Crippen molar-refractivity contribution in [3.63, 3.8) is 0 Å². The van der Waals surface area contributed by atoms with Crippen LogP contribution in [0.4, 0.5) is 4.79 Å². The van der Waals surface area contributed by atoms with Crippen LogP contribution in [0.25, 0.3) is 0 Å². The van der Waals surface area contributed by atoms with Gasteiger partial charge in [-0.3, -0.25) is 4.79 Å². The predicted octanol–water partition coefficient (Wildman–Crippen LogP) is 5.40. The molecule has 6 nitrogen and oxygen atoms in total. The van der Waals surface area contributed by atoms with Gasteiger partial charge in [0.05, 0.1) is 12.0 Å². The fourth-order valence-electron chi connectivity index (χ4n) is 2.79. The summed E-state index contributed by atoms with van der Waals surface area (Å²) >= 11 is 6.44. The molecule has 1 aromatic carbocycles. The minimum absolute atomic E-state index is 0.132. The number of alkyl carbamates (subject to hydrolysis) is 1. The molecule has 0 spiro atoms. The molecule has 0 radical (unpaired) electrons. The number of nitrogens with one attached hydrogen (secondary N) is 1. The molecule has 1 rings (SSSR count). The Morgan fingerprint density at radius 1 is 1.14 bits per heavy atom. The third-order valence-corrected chi connectivity index (χ3v) is 4.11. The molecule has 7 heteroatoms. The Morgan fingerprint density at radius 2 is 1.72 bits per heavy atom. The van der Waals surface area contributed by atoms with E-state index in [9.17, 15) is 14.9 Å². The van der Waals surface area contributed by atoms with Crippen LogP contribution in [0.2, 0.25) is 5.02 Å². The van der Waals surface area contributed by atoms with E-state index in [0.717, 1.165) is 11.1 Å². The van der Waals surface area contributed by atoms with E-state index in [0.29, 0.717) is 17.0 Å². The summed E-state index contributed by atoms with van der Waals surface area (Å²) in [5.41, 5.74) is 1.18. The second-order valence-corrected chi connectivity index (χ2v) is 9.38. The number of carbonyl (C=O) groups excluding carboxylic acids is 2. The number of nitriles is 1. The number of amides is 1. The molecule has 0 aromatic heterocycles. The molecule has 0 aliphatic carbocycles. The predicted molar refractivity (Wildman–Crippen MR) is 113 cm³/mol. The van der Waals surface area contributed by atoms with Crippen LogP contribution >= 0.6 is 11.6 Å². The van der Waals surface area contributed by atoms with Crippen molar-refractivity contribution in [2.24, 2.45) is 0 Å². The third kappa shape index (κ3) is 9.19. The highest BCUT2D eigenvalue weighted by atomic mass is 35.5. The van der Waals surface area contributed by atoms with E-state index in [1.807, 2.05) is 13.0 Å². The van der Waals surface area contributed by atoms with Crippen LogP contribution in [-0.4, -0.2) is 23.3 Å². The minimum Gasteiger partial charge on any atom is -0.460 e. The van der Waals surface area contributed by atoms with E-state index in [1.54, 1.807) is 47.6 Å². The van der Waals surface area contributed by atoms with Crippen molar-refractivity contribution >= 4 is 23.7 Å². The Kier molecular flexibility index (Phi) is 8.52. The summed E-state index contributed by atoms with van der Waals surface area (Å²) < 4.78 is 10.5. The van der Waals surface area contributed by atoms with Gasteiger partial charge < -0.3 is 14.8 Å². The smallest absolute Gasteiger partial charge is 0.407 e. The van der Waals surface area contributed by atoms with Crippen molar-refractivity contribution in [2.45, 2.75) is 85.0 Å². The lowest BCUT2D eigenvalue weighted by Gasteiger charge is -2.21. The van der Waals surface area contributed by atoms with E-state index in [2.05, 4.69) is 11.4 Å². The molecule has 29 heavy (non-hydrogen) atoms. The molecule has 1 N–H and O–H groups in total. The number of halogens is 1. The van der Waals surface area contributed by atoms with Gasteiger partial charge in [-0.2, -0.15) is 5.26 Å². The third-order valence-electron chi connectivity index (χ3n) is 3.79. The Morgan fingerprint density at radius 3 is 2.21 bits per heavy atom. The number of hydrogen-bond acceptors (Lipinski definition) is 5. The number of aryl methyl sites for hydroxylation is 1. The summed E-state index contributed by atoms with van der Waals surface area (Å²) in [6.45, 7) is 12.9. The van der Waals surface area contributed by atoms with Crippen molar-refractivity contribution in [3.8, 4) is 6.07 Å². The lowest BCUT2D eigenvalue weighted by Crippen LogP contribution is -2.32. The monoisotopic (exact) mass is 422 g/mol. The number of benzene rings is 1. The molecule has 0 bridgehead atoms. The van der Waals surface area contributed by atoms with E-state index < -0.39 is 23.2 Å². The first-order chi connectivity index (χ1) is 13.2. The fourth-order valence-corrected chi connectivity index (χ4v) is 3.21. The van der Waals surface area contributed by atoms with Gasteiger partial charge in [0.1, 0.15) is 11.2 Å². The van der Waals surface area contributed by atoms with E-state index in [4.69, 9.17) is 21.1 Å². The normalized spacial score (nSPS) is 12.7. The van der Waals surface area contributed by atoms with Gasteiger partial charge in [-0.05, 0) is 77.6 Å². The van der Waals surface area contributed by atoms with Gasteiger partial charge in [0.25, 0.3) is 0 Å². The number of rotatable bonds is 6. The SMILES string of the molecule is Cc1cc(CNC(=O)OC(C)(C)C)cc(Cl)c1C(C#N)CCC(=O)OC(C)(C)C. The minimum atomic E-state index is -0.574. The molecule has 1 unspecified atom stereocenters. The molecule has 1 amide bonds. The molecule has 0 saturated heterocycles. The van der Waals surface area contributed by atoms with E-state index in [1.165, 1.54) is 0 Å². The van der Waals surface area contributed by atoms with Crippen molar-refractivity contribution in [3.05, 3.63) is 33.8 Å². The van der Waals surface area contributed by atoms with E-state index in [-0.39, 0.29) is 18.9 Å². The molecule has 0 fully saturated rings. The highest BCUT2D eigenvalue weighted by molar-refractivity contribution is 6.31. The lowest BCUT2D eigenvalue weighted by atomic mass is 9.90. The number of esters is 1. The van der Waals surface area contributed by atoms with Crippen LogP contribution in [0, 0.1) is 18.3 Å². The molecule has 0 aliphatic rings.